The normalized spacial score (nSPS) is 17.8. The zero-order valence-corrected chi connectivity index (χ0v) is 9.98. The summed E-state index contributed by atoms with van der Waals surface area (Å²) in [7, 11) is 0. The molecule has 1 aliphatic rings. The van der Waals surface area contributed by atoms with Crippen LogP contribution >= 0.6 is 0 Å². The Kier molecular flexibility index (Phi) is 4.36. The highest BCUT2D eigenvalue weighted by Gasteiger charge is 2.14. The maximum atomic E-state index is 5.36. The maximum Gasteiger partial charge on any atom is 0.0762 e. The van der Waals surface area contributed by atoms with Crippen LogP contribution in [-0.4, -0.2) is 29.5 Å². The molecule has 0 unspecified atom stereocenters. The molecule has 0 radical (unpaired) electrons. The smallest absolute Gasteiger partial charge is 0.0762 e. The van der Waals surface area contributed by atoms with Gasteiger partial charge in [0.2, 0.25) is 0 Å². The second-order valence-electron chi connectivity index (χ2n) is 4.37. The number of rotatable bonds is 5. The maximum absolute atomic E-state index is 5.36. The zero-order valence-electron chi connectivity index (χ0n) is 9.98. The highest BCUT2D eigenvalue weighted by Crippen LogP contribution is 2.16. The van der Waals surface area contributed by atoms with Crippen molar-refractivity contribution in [2.75, 3.05) is 19.8 Å². The van der Waals surface area contributed by atoms with Crippen molar-refractivity contribution >= 4 is 0 Å². The second-order valence-corrected chi connectivity index (χ2v) is 4.37. The quantitative estimate of drug-likeness (QED) is 0.820. The molecule has 4 heteroatoms. The summed E-state index contributed by atoms with van der Waals surface area (Å²) in [5.41, 5.74) is 1.13. The average Bonchev–Trinajstić information content (AvgIpc) is 2.75. The first-order valence-corrected chi connectivity index (χ1v) is 6.19. The third kappa shape index (κ3) is 3.32. The molecular weight excluding hydrogens is 202 g/mol. The summed E-state index contributed by atoms with van der Waals surface area (Å²) in [5.74, 6) is 0.737. The Bertz CT molecular complexity index is 305. The minimum atomic E-state index is 0.737. The highest BCUT2D eigenvalue weighted by molar-refractivity contribution is 4.98. The molecule has 1 N–H and O–H groups in total. The van der Waals surface area contributed by atoms with E-state index in [-0.39, 0.29) is 0 Å². The molecule has 1 fully saturated rings. The minimum Gasteiger partial charge on any atom is -0.381 e. The van der Waals surface area contributed by atoms with Crippen molar-refractivity contribution in [1.29, 1.82) is 0 Å². The van der Waals surface area contributed by atoms with Gasteiger partial charge in [-0.2, -0.15) is 5.10 Å². The molecule has 90 valence electrons. The number of nitrogens with zero attached hydrogens (tertiary/aromatic N) is 2. The van der Waals surface area contributed by atoms with Gasteiger partial charge in [0.05, 0.1) is 5.69 Å². The van der Waals surface area contributed by atoms with E-state index in [1.807, 2.05) is 0 Å². The van der Waals surface area contributed by atoms with Gasteiger partial charge in [-0.25, -0.2) is 0 Å². The molecule has 1 aromatic heterocycles. The van der Waals surface area contributed by atoms with Crippen molar-refractivity contribution < 1.29 is 4.74 Å². The van der Waals surface area contributed by atoms with Gasteiger partial charge in [0.1, 0.15) is 0 Å². The Morgan fingerprint density at radius 3 is 3.06 bits per heavy atom. The van der Waals surface area contributed by atoms with E-state index in [0.717, 1.165) is 44.5 Å². The van der Waals surface area contributed by atoms with Gasteiger partial charge in [-0.3, -0.25) is 4.68 Å². The van der Waals surface area contributed by atoms with Gasteiger partial charge in [-0.15, -0.1) is 0 Å². The lowest BCUT2D eigenvalue weighted by Crippen LogP contribution is -2.21. The molecular formula is C12H21N3O. The van der Waals surface area contributed by atoms with Gasteiger partial charge in [-0.1, -0.05) is 6.92 Å². The Balaban J connectivity index is 1.81. The van der Waals surface area contributed by atoms with Crippen molar-refractivity contribution in [1.82, 2.24) is 15.1 Å². The Hall–Kier alpha value is -0.870. The van der Waals surface area contributed by atoms with E-state index in [1.165, 1.54) is 12.8 Å². The fourth-order valence-electron chi connectivity index (χ4n) is 2.05. The van der Waals surface area contributed by atoms with Crippen LogP contribution in [0.4, 0.5) is 0 Å². The molecule has 0 spiro atoms. The number of ether oxygens (including phenoxy) is 1. The van der Waals surface area contributed by atoms with Crippen LogP contribution in [0, 0.1) is 5.92 Å². The molecule has 2 heterocycles. The van der Waals surface area contributed by atoms with Crippen LogP contribution in [0.3, 0.4) is 0 Å². The molecule has 0 aromatic carbocycles. The summed E-state index contributed by atoms with van der Waals surface area (Å²) in [6.45, 7) is 6.84. The van der Waals surface area contributed by atoms with E-state index in [1.54, 1.807) is 0 Å². The van der Waals surface area contributed by atoms with E-state index < -0.39 is 0 Å². The van der Waals surface area contributed by atoms with Crippen LogP contribution < -0.4 is 5.32 Å². The van der Waals surface area contributed by atoms with Gasteiger partial charge >= 0.3 is 0 Å². The molecule has 0 aliphatic carbocycles. The summed E-state index contributed by atoms with van der Waals surface area (Å²) < 4.78 is 7.43. The van der Waals surface area contributed by atoms with Crippen molar-refractivity contribution in [3.05, 3.63) is 18.0 Å². The van der Waals surface area contributed by atoms with Crippen LogP contribution in [0.25, 0.3) is 0 Å². The van der Waals surface area contributed by atoms with Crippen LogP contribution in [-0.2, 0) is 17.8 Å². The molecule has 16 heavy (non-hydrogen) atoms. The lowest BCUT2D eigenvalue weighted by atomic mass is 10.0. The predicted molar refractivity (Wildman–Crippen MR) is 63.2 cm³/mol. The van der Waals surface area contributed by atoms with Gasteiger partial charge in [-0.05, 0) is 31.4 Å². The van der Waals surface area contributed by atoms with Gasteiger partial charge in [0.15, 0.2) is 0 Å². The summed E-state index contributed by atoms with van der Waals surface area (Å²) in [4.78, 5) is 0. The van der Waals surface area contributed by atoms with E-state index in [0.29, 0.717) is 0 Å². The van der Waals surface area contributed by atoms with Crippen LogP contribution in [0.1, 0.15) is 25.5 Å². The molecule has 0 bridgehead atoms. The zero-order chi connectivity index (χ0) is 11.2. The number of hydrogen-bond acceptors (Lipinski definition) is 3. The second kappa shape index (κ2) is 6.01. The third-order valence-corrected chi connectivity index (χ3v) is 3.04. The monoisotopic (exact) mass is 223 g/mol. The topological polar surface area (TPSA) is 39.1 Å². The summed E-state index contributed by atoms with van der Waals surface area (Å²) in [5, 5.41) is 7.84. The first kappa shape index (κ1) is 11.6. The van der Waals surface area contributed by atoms with Crippen LogP contribution in [0.5, 0.6) is 0 Å². The Morgan fingerprint density at radius 1 is 1.50 bits per heavy atom. The highest BCUT2D eigenvalue weighted by atomic mass is 16.5. The molecule has 1 aliphatic heterocycles. The standard InChI is InChI=1S/C12H21N3O/c1-2-13-9-12-3-6-15(14-12)10-11-4-7-16-8-5-11/h3,6,11,13H,2,4-5,7-10H2,1H3. The first-order valence-electron chi connectivity index (χ1n) is 6.19. The van der Waals surface area contributed by atoms with E-state index in [9.17, 15) is 0 Å². The number of nitrogens with one attached hydrogen (secondary N) is 1. The molecule has 1 aromatic rings. The predicted octanol–water partition coefficient (Wildman–Crippen LogP) is 1.42. The van der Waals surface area contributed by atoms with Gasteiger partial charge in [0.25, 0.3) is 0 Å². The summed E-state index contributed by atoms with van der Waals surface area (Å²) in [6.07, 6.45) is 4.42. The fraction of sp³-hybridized carbons (Fsp3) is 0.750. The van der Waals surface area contributed by atoms with Crippen molar-refractivity contribution in [3.63, 3.8) is 0 Å². The average molecular weight is 223 g/mol. The first-order chi connectivity index (χ1) is 7.88. The van der Waals surface area contributed by atoms with E-state index >= 15 is 0 Å². The lowest BCUT2D eigenvalue weighted by molar-refractivity contribution is 0.0601. The van der Waals surface area contributed by atoms with E-state index in [4.69, 9.17) is 4.74 Å². The number of aromatic nitrogens is 2. The van der Waals surface area contributed by atoms with E-state index in [2.05, 4.69) is 34.3 Å². The molecule has 0 saturated carbocycles. The molecule has 0 amide bonds. The Labute approximate surface area is 97.0 Å². The summed E-state index contributed by atoms with van der Waals surface area (Å²) in [6, 6.07) is 2.10. The summed E-state index contributed by atoms with van der Waals surface area (Å²) >= 11 is 0. The van der Waals surface area contributed by atoms with Crippen LogP contribution in [0.2, 0.25) is 0 Å². The van der Waals surface area contributed by atoms with Crippen molar-refractivity contribution in [2.24, 2.45) is 5.92 Å². The minimum absolute atomic E-state index is 0.737. The fourth-order valence-corrected chi connectivity index (χ4v) is 2.05. The lowest BCUT2D eigenvalue weighted by Gasteiger charge is -2.21. The van der Waals surface area contributed by atoms with Gasteiger partial charge in [0, 0.05) is 32.5 Å². The Morgan fingerprint density at radius 2 is 2.31 bits per heavy atom. The van der Waals surface area contributed by atoms with Gasteiger partial charge < -0.3 is 10.1 Å². The molecule has 2 rings (SSSR count). The molecule has 1 saturated heterocycles. The van der Waals surface area contributed by atoms with Crippen molar-refractivity contribution in [2.45, 2.75) is 32.9 Å². The van der Waals surface area contributed by atoms with Crippen LogP contribution in [0.15, 0.2) is 12.3 Å². The largest absolute Gasteiger partial charge is 0.381 e. The van der Waals surface area contributed by atoms with Crippen molar-refractivity contribution in [3.8, 4) is 0 Å². The number of hydrogen-bond donors (Lipinski definition) is 1. The molecule has 0 atom stereocenters. The SMILES string of the molecule is CCNCc1ccn(CC2CCOCC2)n1. The third-order valence-electron chi connectivity index (χ3n) is 3.04. The molecule has 4 nitrogen and oxygen atoms in total.